The van der Waals surface area contributed by atoms with Crippen LogP contribution >= 0.6 is 11.8 Å². The summed E-state index contributed by atoms with van der Waals surface area (Å²) in [6.07, 6.45) is 9.02. The van der Waals surface area contributed by atoms with Crippen LogP contribution in [0.15, 0.2) is 78.2 Å². The van der Waals surface area contributed by atoms with Crippen molar-refractivity contribution in [3.05, 3.63) is 90.0 Å². The van der Waals surface area contributed by atoms with Crippen molar-refractivity contribution in [1.82, 2.24) is 20.6 Å². The Labute approximate surface area is 163 Å². The Balaban J connectivity index is 1.72. The van der Waals surface area contributed by atoms with Crippen LogP contribution in [0.4, 0.5) is 0 Å². The first-order chi connectivity index (χ1) is 13.3. The van der Waals surface area contributed by atoms with Gasteiger partial charge in [-0.1, -0.05) is 18.2 Å². The van der Waals surface area contributed by atoms with Crippen LogP contribution in [0.25, 0.3) is 0 Å². The number of amides is 1. The van der Waals surface area contributed by atoms with Gasteiger partial charge in [0.25, 0.3) is 0 Å². The maximum atomic E-state index is 12.9. The van der Waals surface area contributed by atoms with E-state index in [-0.39, 0.29) is 5.91 Å². The molecular weight excluding hydrogens is 356 g/mol. The first-order valence-corrected chi connectivity index (χ1v) is 9.91. The fourth-order valence-corrected chi connectivity index (χ4v) is 3.08. The Morgan fingerprint density at radius 2 is 1.74 bits per heavy atom. The predicted molar refractivity (Wildman–Crippen MR) is 108 cm³/mol. The van der Waals surface area contributed by atoms with E-state index in [1.807, 2.05) is 54.8 Å². The summed E-state index contributed by atoms with van der Waals surface area (Å²) in [6.45, 7) is 1.03. The van der Waals surface area contributed by atoms with Gasteiger partial charge >= 0.3 is 0 Å². The van der Waals surface area contributed by atoms with Gasteiger partial charge in [0.1, 0.15) is 6.04 Å². The van der Waals surface area contributed by atoms with Crippen molar-refractivity contribution in [2.75, 3.05) is 6.26 Å². The zero-order valence-electron chi connectivity index (χ0n) is 15.1. The summed E-state index contributed by atoms with van der Waals surface area (Å²) in [4.78, 5) is 22.2. The average molecular weight is 379 g/mol. The smallest absolute Gasteiger partial charge is 0.242 e. The van der Waals surface area contributed by atoms with Gasteiger partial charge in [-0.25, -0.2) is 0 Å². The van der Waals surface area contributed by atoms with Crippen molar-refractivity contribution in [2.45, 2.75) is 24.0 Å². The van der Waals surface area contributed by atoms with E-state index in [9.17, 15) is 4.79 Å². The third kappa shape index (κ3) is 5.64. The van der Waals surface area contributed by atoms with Gasteiger partial charge in [-0.3, -0.25) is 20.1 Å². The molecule has 0 saturated carbocycles. The fourth-order valence-electron chi connectivity index (χ4n) is 2.67. The zero-order chi connectivity index (χ0) is 18.9. The predicted octanol–water partition coefficient (Wildman–Crippen LogP) is 3.35. The summed E-state index contributed by atoms with van der Waals surface area (Å²) in [5.41, 5.74) is 2.98. The Kier molecular flexibility index (Phi) is 6.96. The molecule has 5 nitrogen and oxygen atoms in total. The molecule has 0 saturated heterocycles. The van der Waals surface area contributed by atoms with Crippen molar-refractivity contribution >= 4 is 17.7 Å². The second-order valence-electron chi connectivity index (χ2n) is 6.02. The Morgan fingerprint density at radius 1 is 0.963 bits per heavy atom. The number of carbonyl (C=O) groups excluding carboxylic acids is 1. The monoisotopic (exact) mass is 378 g/mol. The van der Waals surface area contributed by atoms with Gasteiger partial charge in [0, 0.05) is 42.8 Å². The third-order valence-corrected chi connectivity index (χ3v) is 4.90. The van der Waals surface area contributed by atoms with Crippen molar-refractivity contribution in [1.29, 1.82) is 0 Å². The lowest BCUT2D eigenvalue weighted by molar-refractivity contribution is -0.123. The minimum Gasteiger partial charge on any atom is -0.350 e. The molecule has 0 bridgehead atoms. The van der Waals surface area contributed by atoms with E-state index in [4.69, 9.17) is 0 Å². The lowest BCUT2D eigenvalue weighted by Crippen LogP contribution is -2.37. The van der Waals surface area contributed by atoms with Crippen molar-refractivity contribution in [2.24, 2.45) is 0 Å². The van der Waals surface area contributed by atoms with Crippen LogP contribution in [0.1, 0.15) is 22.7 Å². The van der Waals surface area contributed by atoms with E-state index in [2.05, 4.69) is 20.6 Å². The molecule has 2 N–H and O–H groups in total. The average Bonchev–Trinajstić information content (AvgIpc) is 2.74. The number of nitrogens with one attached hydrogen (secondary N) is 2. The standard InChI is InChI=1S/C21H22N4OS/c1-27-19-6-4-18(5-7-19)20(24-15-17-3-2-10-23-13-17)21(26)25-14-16-8-11-22-12-9-16/h2-13,20,24H,14-15H2,1H3,(H,25,26). The summed E-state index contributed by atoms with van der Waals surface area (Å²) in [5.74, 6) is -0.0624. The molecule has 3 rings (SSSR count). The molecular formula is C21H22N4OS. The summed E-state index contributed by atoms with van der Waals surface area (Å²) in [6, 6.07) is 15.3. The number of hydrogen-bond acceptors (Lipinski definition) is 5. The molecule has 1 atom stereocenters. The van der Waals surface area contributed by atoms with Gasteiger partial charge in [0.15, 0.2) is 0 Å². The molecule has 1 amide bonds. The quantitative estimate of drug-likeness (QED) is 0.589. The Bertz CT molecular complexity index is 841. The van der Waals surface area contributed by atoms with E-state index in [1.165, 1.54) is 4.90 Å². The maximum Gasteiger partial charge on any atom is 0.242 e. The number of benzene rings is 1. The van der Waals surface area contributed by atoms with Crippen molar-refractivity contribution in [3.8, 4) is 0 Å². The van der Waals surface area contributed by atoms with E-state index in [0.29, 0.717) is 13.1 Å². The van der Waals surface area contributed by atoms with Crippen LogP contribution in [0.2, 0.25) is 0 Å². The minimum absolute atomic E-state index is 0.0624. The van der Waals surface area contributed by atoms with Crippen LogP contribution in [0, 0.1) is 0 Å². The van der Waals surface area contributed by atoms with E-state index >= 15 is 0 Å². The highest BCUT2D eigenvalue weighted by Gasteiger charge is 2.20. The second kappa shape index (κ2) is 9.85. The molecule has 0 aliphatic rings. The largest absolute Gasteiger partial charge is 0.350 e. The number of carbonyl (C=O) groups is 1. The number of aromatic nitrogens is 2. The molecule has 0 spiro atoms. The molecule has 1 unspecified atom stereocenters. The zero-order valence-corrected chi connectivity index (χ0v) is 15.9. The van der Waals surface area contributed by atoms with Gasteiger partial charge < -0.3 is 5.32 Å². The summed E-state index contributed by atoms with van der Waals surface area (Å²) in [5, 5.41) is 6.37. The van der Waals surface area contributed by atoms with E-state index < -0.39 is 6.04 Å². The molecule has 6 heteroatoms. The molecule has 0 aliphatic carbocycles. The van der Waals surface area contributed by atoms with E-state index in [1.54, 1.807) is 36.5 Å². The van der Waals surface area contributed by atoms with Crippen LogP contribution in [-0.4, -0.2) is 22.1 Å². The van der Waals surface area contributed by atoms with Gasteiger partial charge in [0.05, 0.1) is 0 Å². The summed E-state index contributed by atoms with van der Waals surface area (Å²) < 4.78 is 0. The molecule has 138 valence electrons. The Hall–Kier alpha value is -2.70. The van der Waals surface area contributed by atoms with E-state index in [0.717, 1.165) is 16.7 Å². The molecule has 3 aromatic rings. The highest BCUT2D eigenvalue weighted by molar-refractivity contribution is 7.98. The maximum absolute atomic E-state index is 12.9. The topological polar surface area (TPSA) is 66.9 Å². The first kappa shape index (κ1) is 19.1. The minimum atomic E-state index is -0.442. The van der Waals surface area contributed by atoms with Crippen LogP contribution < -0.4 is 10.6 Å². The number of nitrogens with zero attached hydrogens (tertiary/aromatic N) is 2. The normalized spacial score (nSPS) is 11.7. The van der Waals surface area contributed by atoms with Gasteiger partial charge in [-0.15, -0.1) is 11.8 Å². The summed E-state index contributed by atoms with van der Waals surface area (Å²) >= 11 is 1.68. The van der Waals surface area contributed by atoms with Crippen molar-refractivity contribution < 1.29 is 4.79 Å². The molecule has 2 heterocycles. The number of hydrogen-bond donors (Lipinski definition) is 2. The van der Waals surface area contributed by atoms with Gasteiger partial charge in [-0.05, 0) is 53.3 Å². The van der Waals surface area contributed by atoms with Gasteiger partial charge in [-0.2, -0.15) is 0 Å². The number of pyridine rings is 2. The number of thioether (sulfide) groups is 1. The molecule has 1 aromatic carbocycles. The van der Waals surface area contributed by atoms with Crippen molar-refractivity contribution in [3.63, 3.8) is 0 Å². The first-order valence-electron chi connectivity index (χ1n) is 8.69. The highest BCUT2D eigenvalue weighted by Crippen LogP contribution is 2.20. The molecule has 0 aliphatic heterocycles. The number of rotatable bonds is 8. The van der Waals surface area contributed by atoms with Crippen LogP contribution in [0.5, 0.6) is 0 Å². The molecule has 2 aromatic heterocycles. The lowest BCUT2D eigenvalue weighted by atomic mass is 10.1. The highest BCUT2D eigenvalue weighted by atomic mass is 32.2. The molecule has 0 fully saturated rings. The van der Waals surface area contributed by atoms with Gasteiger partial charge in [0.2, 0.25) is 5.91 Å². The lowest BCUT2D eigenvalue weighted by Gasteiger charge is -2.19. The summed E-state index contributed by atoms with van der Waals surface area (Å²) in [7, 11) is 0. The Morgan fingerprint density at radius 3 is 2.41 bits per heavy atom. The third-order valence-electron chi connectivity index (χ3n) is 4.16. The fraction of sp³-hybridized carbons (Fsp3) is 0.190. The van der Waals surface area contributed by atoms with Crippen LogP contribution in [-0.2, 0) is 17.9 Å². The second-order valence-corrected chi connectivity index (χ2v) is 6.90. The molecule has 0 radical (unpaired) electrons. The van der Waals surface area contributed by atoms with Crippen LogP contribution in [0.3, 0.4) is 0 Å². The molecule has 27 heavy (non-hydrogen) atoms. The SMILES string of the molecule is CSc1ccc(C(NCc2cccnc2)C(=O)NCc2ccncc2)cc1.